The van der Waals surface area contributed by atoms with Gasteiger partial charge in [-0.2, -0.15) is 10.1 Å². The van der Waals surface area contributed by atoms with Crippen LogP contribution in [0.15, 0.2) is 18.6 Å². The molecule has 0 atom stereocenters. The van der Waals surface area contributed by atoms with Crippen LogP contribution in [0, 0.1) is 0 Å². The second kappa shape index (κ2) is 2.12. The Balaban J connectivity index is 2.76. The van der Waals surface area contributed by atoms with Gasteiger partial charge in [-0.15, -0.1) is 0 Å². The van der Waals surface area contributed by atoms with E-state index in [1.807, 2.05) is 0 Å². The van der Waals surface area contributed by atoms with E-state index in [4.69, 9.17) is 0 Å². The molecule has 2 aromatic heterocycles. The molecule has 0 saturated carbocycles. The highest BCUT2D eigenvalue weighted by atomic mass is 16.1. The van der Waals surface area contributed by atoms with Crippen LogP contribution in [-0.2, 0) is 0 Å². The van der Waals surface area contributed by atoms with E-state index in [-0.39, 0.29) is 0 Å². The largest absolute Gasteiger partial charge is 0.296 e. The van der Waals surface area contributed by atoms with Gasteiger partial charge in [0.1, 0.15) is 12.0 Å². The Morgan fingerprint density at radius 1 is 1.55 bits per heavy atom. The summed E-state index contributed by atoms with van der Waals surface area (Å²) in [6, 6.07) is 1.58. The fourth-order valence-corrected chi connectivity index (χ4v) is 0.794. The van der Waals surface area contributed by atoms with Gasteiger partial charge >= 0.3 is 0 Å². The number of hydrogen-bond acceptors (Lipinski definition) is 4. The molecule has 2 heterocycles. The molecule has 0 aliphatic rings. The van der Waals surface area contributed by atoms with Crippen LogP contribution >= 0.6 is 0 Å². The SMILES string of the molecule is O=Cc1ccn2ncnc2n1. The maximum Gasteiger partial charge on any atom is 0.252 e. The molecule has 0 aromatic carbocycles. The molecule has 2 aromatic rings. The molecule has 54 valence electrons. The molecule has 0 radical (unpaired) electrons. The van der Waals surface area contributed by atoms with Crippen molar-refractivity contribution in [1.29, 1.82) is 0 Å². The lowest BCUT2D eigenvalue weighted by molar-refractivity contribution is 0.111. The fourth-order valence-electron chi connectivity index (χ4n) is 0.794. The summed E-state index contributed by atoms with van der Waals surface area (Å²) in [4.78, 5) is 17.9. The molecule has 0 bridgehead atoms. The number of carbonyl (C=O) groups excluding carboxylic acids is 1. The van der Waals surface area contributed by atoms with E-state index in [9.17, 15) is 4.79 Å². The average Bonchev–Trinajstić information content (AvgIpc) is 2.50. The van der Waals surface area contributed by atoms with E-state index in [0.29, 0.717) is 17.8 Å². The van der Waals surface area contributed by atoms with Crippen molar-refractivity contribution in [2.75, 3.05) is 0 Å². The van der Waals surface area contributed by atoms with Crippen LogP contribution in [-0.4, -0.2) is 25.9 Å². The molecule has 5 heteroatoms. The van der Waals surface area contributed by atoms with Crippen molar-refractivity contribution in [3.63, 3.8) is 0 Å². The third-order valence-electron chi connectivity index (χ3n) is 1.29. The van der Waals surface area contributed by atoms with Crippen LogP contribution in [0.4, 0.5) is 0 Å². The van der Waals surface area contributed by atoms with Crippen LogP contribution in [0.5, 0.6) is 0 Å². The van der Waals surface area contributed by atoms with Crippen molar-refractivity contribution in [2.24, 2.45) is 0 Å². The fraction of sp³-hybridized carbons (Fsp3) is 0. The number of rotatable bonds is 1. The first-order valence-corrected chi connectivity index (χ1v) is 3.02. The average molecular weight is 148 g/mol. The molecule has 2 rings (SSSR count). The first-order valence-electron chi connectivity index (χ1n) is 3.02. The monoisotopic (exact) mass is 148 g/mol. The molecule has 0 aliphatic heterocycles. The van der Waals surface area contributed by atoms with E-state index in [1.165, 1.54) is 10.8 Å². The maximum atomic E-state index is 10.3. The summed E-state index contributed by atoms with van der Waals surface area (Å²) in [7, 11) is 0. The molecule has 0 N–H and O–H groups in total. The minimum Gasteiger partial charge on any atom is -0.296 e. The van der Waals surface area contributed by atoms with Crippen molar-refractivity contribution < 1.29 is 4.79 Å². The van der Waals surface area contributed by atoms with Gasteiger partial charge in [0.15, 0.2) is 6.29 Å². The topological polar surface area (TPSA) is 60.2 Å². The lowest BCUT2D eigenvalue weighted by atomic mass is 10.4. The molecule has 0 aliphatic carbocycles. The third-order valence-corrected chi connectivity index (χ3v) is 1.29. The van der Waals surface area contributed by atoms with Gasteiger partial charge in [0, 0.05) is 6.20 Å². The van der Waals surface area contributed by atoms with Gasteiger partial charge in [0.2, 0.25) is 0 Å². The van der Waals surface area contributed by atoms with Crippen molar-refractivity contribution in [1.82, 2.24) is 19.6 Å². The van der Waals surface area contributed by atoms with Gasteiger partial charge in [-0.05, 0) is 6.07 Å². The number of hydrogen-bond donors (Lipinski definition) is 0. The second-order valence-corrected chi connectivity index (χ2v) is 1.97. The molecule has 0 unspecified atom stereocenters. The quantitative estimate of drug-likeness (QED) is 0.531. The van der Waals surface area contributed by atoms with Gasteiger partial charge in [0.05, 0.1) is 0 Å². The van der Waals surface area contributed by atoms with E-state index >= 15 is 0 Å². The lowest BCUT2D eigenvalue weighted by Gasteiger charge is -1.89. The van der Waals surface area contributed by atoms with Crippen LogP contribution in [0.25, 0.3) is 5.78 Å². The minimum atomic E-state index is 0.366. The van der Waals surface area contributed by atoms with Gasteiger partial charge in [0.25, 0.3) is 5.78 Å². The summed E-state index contributed by atoms with van der Waals surface area (Å²) in [5.74, 6) is 0.439. The molecule has 11 heavy (non-hydrogen) atoms. The smallest absolute Gasteiger partial charge is 0.252 e. The minimum absolute atomic E-state index is 0.366. The molecular formula is C6H4N4O. The number of carbonyl (C=O) groups is 1. The Morgan fingerprint density at radius 2 is 2.45 bits per heavy atom. The zero-order valence-electron chi connectivity index (χ0n) is 5.51. The molecule has 0 spiro atoms. The molecule has 0 fully saturated rings. The summed E-state index contributed by atoms with van der Waals surface area (Å²) < 4.78 is 1.49. The maximum absolute atomic E-state index is 10.3. The summed E-state index contributed by atoms with van der Waals surface area (Å²) in [6.07, 6.45) is 3.70. The first-order chi connectivity index (χ1) is 5.40. The molecule has 0 saturated heterocycles. The highest BCUT2D eigenvalue weighted by molar-refractivity contribution is 5.72. The van der Waals surface area contributed by atoms with Gasteiger partial charge in [-0.1, -0.05) is 0 Å². The standard InChI is InChI=1S/C6H4N4O/c11-3-5-1-2-10-6(9-5)7-4-8-10/h1-4H. The predicted octanol–water partition coefficient (Wildman–Crippen LogP) is -0.0632. The van der Waals surface area contributed by atoms with Crippen molar-refractivity contribution >= 4 is 12.1 Å². The predicted molar refractivity (Wildman–Crippen MR) is 36.2 cm³/mol. The highest BCUT2D eigenvalue weighted by Gasteiger charge is 1.96. The Morgan fingerprint density at radius 3 is 3.27 bits per heavy atom. The Hall–Kier alpha value is -1.78. The van der Waals surface area contributed by atoms with Gasteiger partial charge in [-0.25, -0.2) is 9.50 Å². The second-order valence-electron chi connectivity index (χ2n) is 1.97. The van der Waals surface area contributed by atoms with Crippen molar-refractivity contribution in [2.45, 2.75) is 0 Å². The summed E-state index contributed by atoms with van der Waals surface area (Å²) in [6.45, 7) is 0. The van der Waals surface area contributed by atoms with E-state index < -0.39 is 0 Å². The zero-order chi connectivity index (χ0) is 7.68. The molecular weight excluding hydrogens is 144 g/mol. The third kappa shape index (κ3) is 0.861. The summed E-state index contributed by atoms with van der Waals surface area (Å²) >= 11 is 0. The van der Waals surface area contributed by atoms with E-state index in [0.717, 1.165) is 0 Å². The number of nitrogens with zero attached hydrogens (tertiary/aromatic N) is 4. The van der Waals surface area contributed by atoms with Gasteiger partial charge < -0.3 is 0 Å². The number of aromatic nitrogens is 4. The van der Waals surface area contributed by atoms with Crippen LogP contribution in [0.2, 0.25) is 0 Å². The van der Waals surface area contributed by atoms with Crippen LogP contribution < -0.4 is 0 Å². The Labute approximate surface area is 61.7 Å². The van der Waals surface area contributed by atoms with Crippen LogP contribution in [0.3, 0.4) is 0 Å². The highest BCUT2D eigenvalue weighted by Crippen LogP contribution is 1.94. The normalized spacial score (nSPS) is 10.2. The number of fused-ring (bicyclic) bond motifs is 1. The van der Waals surface area contributed by atoms with E-state index in [1.54, 1.807) is 12.3 Å². The summed E-state index contributed by atoms with van der Waals surface area (Å²) in [5.41, 5.74) is 0.366. The Bertz CT molecular complexity index is 394. The lowest BCUT2D eigenvalue weighted by Crippen LogP contribution is -1.93. The zero-order valence-corrected chi connectivity index (χ0v) is 5.51. The van der Waals surface area contributed by atoms with Crippen LogP contribution in [0.1, 0.15) is 10.5 Å². The van der Waals surface area contributed by atoms with Gasteiger partial charge in [-0.3, -0.25) is 4.79 Å². The Kier molecular flexibility index (Phi) is 1.15. The number of aldehydes is 1. The molecule has 0 amide bonds. The molecule has 5 nitrogen and oxygen atoms in total. The van der Waals surface area contributed by atoms with E-state index in [2.05, 4.69) is 15.1 Å². The summed E-state index contributed by atoms with van der Waals surface area (Å²) in [5, 5.41) is 3.82. The van der Waals surface area contributed by atoms with Crippen molar-refractivity contribution in [3.05, 3.63) is 24.3 Å². The van der Waals surface area contributed by atoms with Crippen molar-refractivity contribution in [3.8, 4) is 0 Å². The first kappa shape index (κ1) is 5.96.